The van der Waals surface area contributed by atoms with E-state index in [1.165, 1.54) is 129 Å². The summed E-state index contributed by atoms with van der Waals surface area (Å²) in [6, 6.07) is 1.68. The Kier molecular flexibility index (Phi) is 13.6. The van der Waals surface area contributed by atoms with Crippen molar-refractivity contribution in [3.8, 4) is 0 Å². The highest BCUT2D eigenvalue weighted by atomic mass is 15.3. The van der Waals surface area contributed by atoms with Gasteiger partial charge in [-0.15, -0.1) is 0 Å². The fourth-order valence-electron chi connectivity index (χ4n) is 5.89. The lowest BCUT2D eigenvalue weighted by Crippen LogP contribution is -2.49. The van der Waals surface area contributed by atoms with Gasteiger partial charge in [-0.25, -0.2) is 0 Å². The molecule has 0 aromatic carbocycles. The Hall–Kier alpha value is -0.120. The lowest BCUT2D eigenvalue weighted by molar-refractivity contribution is 0.0963. The first-order valence-corrected chi connectivity index (χ1v) is 13.9. The number of unbranched alkanes of at least 4 members (excludes halogenated alkanes) is 3. The molecule has 0 aromatic heterocycles. The quantitative estimate of drug-likeness (QED) is 0.266. The second-order valence-electron chi connectivity index (χ2n) is 10.4. The van der Waals surface area contributed by atoms with Crippen LogP contribution in [0.4, 0.5) is 0 Å². The third kappa shape index (κ3) is 9.57. The van der Waals surface area contributed by atoms with E-state index in [4.69, 9.17) is 0 Å². The Morgan fingerprint density at radius 1 is 0.733 bits per heavy atom. The average Bonchev–Trinajstić information content (AvgIpc) is 3.20. The Morgan fingerprint density at radius 3 is 2.03 bits per heavy atom. The molecule has 30 heavy (non-hydrogen) atoms. The fourth-order valence-corrected chi connectivity index (χ4v) is 5.89. The highest BCUT2D eigenvalue weighted by Gasteiger charge is 2.26. The van der Waals surface area contributed by atoms with E-state index < -0.39 is 0 Å². The van der Waals surface area contributed by atoms with Gasteiger partial charge in [-0.1, -0.05) is 65.7 Å². The van der Waals surface area contributed by atoms with Crippen LogP contribution < -0.4 is 0 Å². The molecule has 2 unspecified atom stereocenters. The summed E-state index contributed by atoms with van der Waals surface area (Å²) in [7, 11) is 0. The fraction of sp³-hybridized carbons (Fsp3) is 1.00. The molecule has 2 fully saturated rings. The molecule has 2 aliphatic heterocycles. The third-order valence-electron chi connectivity index (χ3n) is 7.94. The summed E-state index contributed by atoms with van der Waals surface area (Å²) < 4.78 is 0. The van der Waals surface area contributed by atoms with Gasteiger partial charge in [0.25, 0.3) is 0 Å². The molecule has 2 saturated heterocycles. The second-order valence-corrected chi connectivity index (χ2v) is 10.4. The molecule has 0 N–H and O–H groups in total. The lowest BCUT2D eigenvalue weighted by atomic mass is 9.89. The van der Waals surface area contributed by atoms with Gasteiger partial charge in [0, 0.05) is 38.3 Å². The smallest absolute Gasteiger partial charge is 0.0113 e. The van der Waals surface area contributed by atoms with Crippen LogP contribution in [0.25, 0.3) is 0 Å². The van der Waals surface area contributed by atoms with E-state index in [0.717, 1.165) is 18.0 Å². The van der Waals surface area contributed by atoms with Crippen LogP contribution in [-0.2, 0) is 0 Å². The minimum atomic E-state index is 0.780. The molecule has 2 atom stereocenters. The van der Waals surface area contributed by atoms with E-state index in [-0.39, 0.29) is 0 Å². The summed E-state index contributed by atoms with van der Waals surface area (Å²) >= 11 is 0. The normalized spacial score (nSPS) is 22.9. The second kappa shape index (κ2) is 15.6. The van der Waals surface area contributed by atoms with E-state index in [2.05, 4.69) is 42.4 Å². The molecule has 3 heteroatoms. The molecule has 2 rings (SSSR count). The zero-order chi connectivity index (χ0) is 21.6. The highest BCUT2D eigenvalue weighted by Crippen LogP contribution is 2.29. The Morgan fingerprint density at radius 2 is 1.40 bits per heavy atom. The van der Waals surface area contributed by atoms with Crippen molar-refractivity contribution in [1.82, 2.24) is 14.7 Å². The summed E-state index contributed by atoms with van der Waals surface area (Å²) in [5.74, 6) is 0.988. The summed E-state index contributed by atoms with van der Waals surface area (Å²) in [4.78, 5) is 8.31. The predicted molar refractivity (Wildman–Crippen MR) is 133 cm³/mol. The van der Waals surface area contributed by atoms with Crippen LogP contribution in [0.2, 0.25) is 0 Å². The van der Waals surface area contributed by atoms with Crippen molar-refractivity contribution in [2.75, 3.05) is 45.8 Å². The van der Waals surface area contributed by atoms with Crippen molar-refractivity contribution < 1.29 is 0 Å². The zero-order valence-corrected chi connectivity index (χ0v) is 21.2. The number of piperazine rings is 1. The summed E-state index contributed by atoms with van der Waals surface area (Å²) in [6.45, 7) is 18.6. The van der Waals surface area contributed by atoms with Crippen molar-refractivity contribution >= 4 is 0 Å². The van der Waals surface area contributed by atoms with Crippen molar-refractivity contribution in [1.29, 1.82) is 0 Å². The van der Waals surface area contributed by atoms with Gasteiger partial charge in [0.2, 0.25) is 0 Å². The van der Waals surface area contributed by atoms with Gasteiger partial charge >= 0.3 is 0 Å². The molecule has 0 saturated carbocycles. The molecule has 3 nitrogen and oxygen atoms in total. The standard InChI is InChI=1S/C27H55N3/c1-5-8-14-26(15-9-6-2)24-27-16-12-19-30(27)18-11-10-17-28-20-22-29(23-21-28)25(4)13-7-3/h25-27H,5-24H2,1-4H3. The summed E-state index contributed by atoms with van der Waals surface area (Å²) in [6.07, 6.45) is 18.4. The summed E-state index contributed by atoms with van der Waals surface area (Å²) in [5.41, 5.74) is 0. The van der Waals surface area contributed by atoms with Crippen molar-refractivity contribution in [3.05, 3.63) is 0 Å². The minimum Gasteiger partial charge on any atom is -0.301 e. The zero-order valence-electron chi connectivity index (χ0n) is 21.2. The number of nitrogens with zero attached hydrogens (tertiary/aromatic N) is 3. The van der Waals surface area contributed by atoms with Crippen LogP contribution in [0.15, 0.2) is 0 Å². The maximum atomic E-state index is 2.87. The number of hydrogen-bond acceptors (Lipinski definition) is 3. The number of rotatable bonds is 16. The first-order valence-electron chi connectivity index (χ1n) is 13.9. The number of hydrogen-bond donors (Lipinski definition) is 0. The molecule has 0 radical (unpaired) electrons. The van der Waals surface area contributed by atoms with Crippen molar-refractivity contribution in [3.63, 3.8) is 0 Å². The first kappa shape index (κ1) is 26.1. The molecular weight excluding hydrogens is 366 g/mol. The molecule has 0 aliphatic carbocycles. The van der Waals surface area contributed by atoms with Gasteiger partial charge < -0.3 is 9.80 Å². The Labute approximate surface area is 189 Å². The lowest BCUT2D eigenvalue weighted by Gasteiger charge is -2.38. The predicted octanol–water partition coefficient (Wildman–Crippen LogP) is 6.42. The molecule has 178 valence electrons. The van der Waals surface area contributed by atoms with Crippen molar-refractivity contribution in [2.45, 2.75) is 123 Å². The van der Waals surface area contributed by atoms with Crippen LogP contribution in [0.3, 0.4) is 0 Å². The Bertz CT molecular complexity index is 397. The first-order chi connectivity index (χ1) is 14.7. The molecular formula is C27H55N3. The SMILES string of the molecule is CCCCC(CCCC)CC1CCCN1CCCCN1CCN(C(C)CCC)CC1. The van der Waals surface area contributed by atoms with Crippen molar-refractivity contribution in [2.24, 2.45) is 5.92 Å². The van der Waals surface area contributed by atoms with Crippen LogP contribution in [0.1, 0.15) is 111 Å². The monoisotopic (exact) mass is 421 g/mol. The maximum absolute atomic E-state index is 2.87. The van der Waals surface area contributed by atoms with Crippen LogP contribution in [-0.4, -0.2) is 72.6 Å². The third-order valence-corrected chi connectivity index (χ3v) is 7.94. The van der Waals surface area contributed by atoms with Gasteiger partial charge in [0.15, 0.2) is 0 Å². The van der Waals surface area contributed by atoms with Crippen LogP contribution in [0, 0.1) is 5.92 Å². The van der Waals surface area contributed by atoms with Gasteiger partial charge in [-0.2, -0.15) is 0 Å². The highest BCUT2D eigenvalue weighted by molar-refractivity contribution is 4.82. The largest absolute Gasteiger partial charge is 0.301 e. The molecule has 2 heterocycles. The molecule has 0 aromatic rings. The topological polar surface area (TPSA) is 9.72 Å². The van der Waals surface area contributed by atoms with E-state index >= 15 is 0 Å². The van der Waals surface area contributed by atoms with E-state index in [0.29, 0.717) is 0 Å². The molecule has 2 aliphatic rings. The molecule has 0 amide bonds. The average molecular weight is 422 g/mol. The minimum absolute atomic E-state index is 0.780. The van der Waals surface area contributed by atoms with E-state index in [9.17, 15) is 0 Å². The summed E-state index contributed by atoms with van der Waals surface area (Å²) in [5, 5.41) is 0. The maximum Gasteiger partial charge on any atom is 0.0113 e. The van der Waals surface area contributed by atoms with Gasteiger partial charge in [0.1, 0.15) is 0 Å². The molecule has 0 spiro atoms. The van der Waals surface area contributed by atoms with Crippen LogP contribution in [0.5, 0.6) is 0 Å². The van der Waals surface area contributed by atoms with E-state index in [1.54, 1.807) is 0 Å². The van der Waals surface area contributed by atoms with Crippen LogP contribution >= 0.6 is 0 Å². The molecule has 0 bridgehead atoms. The number of likely N-dealkylation sites (tertiary alicyclic amines) is 1. The van der Waals surface area contributed by atoms with Gasteiger partial charge in [0.05, 0.1) is 0 Å². The van der Waals surface area contributed by atoms with Gasteiger partial charge in [-0.05, 0) is 71.0 Å². The van der Waals surface area contributed by atoms with E-state index in [1.807, 2.05) is 0 Å². The van der Waals surface area contributed by atoms with Gasteiger partial charge in [-0.3, -0.25) is 4.90 Å². The Balaban J connectivity index is 1.62.